The standard InChI is InChI=1S/C13H13ClFN3/c14-11-6-3-5-10(13(11)15)12(18-16)8-9-4-1-2-7-17-9/h1-7,12,18H,8,16H2. The highest BCUT2D eigenvalue weighted by molar-refractivity contribution is 6.30. The number of nitrogens with one attached hydrogen (secondary N) is 1. The Morgan fingerprint density at radius 1 is 1.28 bits per heavy atom. The van der Waals surface area contributed by atoms with Crippen molar-refractivity contribution in [2.24, 2.45) is 5.84 Å². The molecule has 1 unspecified atom stereocenters. The van der Waals surface area contributed by atoms with Crippen molar-refractivity contribution in [3.8, 4) is 0 Å². The summed E-state index contributed by atoms with van der Waals surface area (Å²) in [5, 5.41) is 0.0915. The fourth-order valence-electron chi connectivity index (χ4n) is 1.78. The molecule has 94 valence electrons. The molecule has 1 aromatic carbocycles. The van der Waals surface area contributed by atoms with Gasteiger partial charge in [0.05, 0.1) is 11.1 Å². The molecule has 0 aliphatic heterocycles. The van der Waals surface area contributed by atoms with Crippen LogP contribution >= 0.6 is 11.6 Å². The summed E-state index contributed by atoms with van der Waals surface area (Å²) in [5.41, 5.74) is 3.87. The van der Waals surface area contributed by atoms with E-state index in [1.54, 1.807) is 18.3 Å². The molecule has 3 nitrogen and oxygen atoms in total. The van der Waals surface area contributed by atoms with Crippen LogP contribution in [0.1, 0.15) is 17.3 Å². The number of aromatic nitrogens is 1. The fraction of sp³-hybridized carbons (Fsp3) is 0.154. The predicted molar refractivity (Wildman–Crippen MR) is 69.4 cm³/mol. The van der Waals surface area contributed by atoms with Crippen LogP contribution in [0, 0.1) is 5.82 Å². The molecule has 0 saturated heterocycles. The maximum absolute atomic E-state index is 13.9. The van der Waals surface area contributed by atoms with Gasteiger partial charge in [-0.05, 0) is 18.2 Å². The molecular weight excluding hydrogens is 253 g/mol. The average molecular weight is 266 g/mol. The van der Waals surface area contributed by atoms with Gasteiger partial charge in [-0.1, -0.05) is 29.8 Å². The summed E-state index contributed by atoms with van der Waals surface area (Å²) in [7, 11) is 0. The summed E-state index contributed by atoms with van der Waals surface area (Å²) in [6.45, 7) is 0. The van der Waals surface area contributed by atoms with E-state index in [9.17, 15) is 4.39 Å². The fourth-order valence-corrected chi connectivity index (χ4v) is 1.96. The summed E-state index contributed by atoms with van der Waals surface area (Å²) in [4.78, 5) is 4.19. The number of pyridine rings is 1. The van der Waals surface area contributed by atoms with Crippen molar-refractivity contribution in [3.05, 3.63) is 64.7 Å². The maximum Gasteiger partial charge on any atom is 0.146 e. The minimum atomic E-state index is -0.446. The predicted octanol–water partition coefficient (Wildman–Crippen LogP) is 2.62. The number of benzene rings is 1. The quantitative estimate of drug-likeness (QED) is 0.660. The Morgan fingerprint density at radius 2 is 2.11 bits per heavy atom. The number of nitrogens with two attached hydrogens (primary N) is 1. The van der Waals surface area contributed by atoms with Gasteiger partial charge in [0, 0.05) is 23.9 Å². The molecule has 0 aliphatic carbocycles. The van der Waals surface area contributed by atoms with Gasteiger partial charge in [0.2, 0.25) is 0 Å². The van der Waals surface area contributed by atoms with Crippen molar-refractivity contribution >= 4 is 11.6 Å². The van der Waals surface area contributed by atoms with E-state index >= 15 is 0 Å². The van der Waals surface area contributed by atoms with Crippen LogP contribution in [0.15, 0.2) is 42.6 Å². The zero-order chi connectivity index (χ0) is 13.0. The van der Waals surface area contributed by atoms with Crippen molar-refractivity contribution in [2.75, 3.05) is 0 Å². The lowest BCUT2D eigenvalue weighted by Crippen LogP contribution is -2.30. The number of hydrazine groups is 1. The molecule has 0 amide bonds. The third-order valence-corrected chi connectivity index (χ3v) is 2.99. The van der Waals surface area contributed by atoms with Crippen molar-refractivity contribution in [1.82, 2.24) is 10.4 Å². The molecule has 18 heavy (non-hydrogen) atoms. The van der Waals surface area contributed by atoms with E-state index in [0.717, 1.165) is 5.69 Å². The van der Waals surface area contributed by atoms with Gasteiger partial charge in [0.1, 0.15) is 5.82 Å². The molecule has 1 heterocycles. The summed E-state index contributed by atoms with van der Waals surface area (Å²) >= 11 is 5.76. The Kier molecular flexibility index (Phi) is 4.25. The van der Waals surface area contributed by atoms with Crippen LogP contribution in [0.5, 0.6) is 0 Å². The molecule has 2 rings (SSSR count). The largest absolute Gasteiger partial charge is 0.271 e. The Bertz CT molecular complexity index is 519. The van der Waals surface area contributed by atoms with Crippen LogP contribution in [-0.4, -0.2) is 4.98 Å². The highest BCUT2D eigenvalue weighted by Crippen LogP contribution is 2.24. The first-order valence-corrected chi connectivity index (χ1v) is 5.90. The number of nitrogens with zero attached hydrogens (tertiary/aromatic N) is 1. The zero-order valence-corrected chi connectivity index (χ0v) is 10.4. The highest BCUT2D eigenvalue weighted by Gasteiger charge is 2.17. The lowest BCUT2D eigenvalue weighted by Gasteiger charge is -2.17. The van der Waals surface area contributed by atoms with Crippen LogP contribution in [0.2, 0.25) is 5.02 Å². The normalized spacial score (nSPS) is 12.4. The van der Waals surface area contributed by atoms with Crippen LogP contribution in [0.4, 0.5) is 4.39 Å². The van der Waals surface area contributed by atoms with Crippen LogP contribution in [0.25, 0.3) is 0 Å². The van der Waals surface area contributed by atoms with Crippen LogP contribution in [0.3, 0.4) is 0 Å². The van der Waals surface area contributed by atoms with E-state index in [-0.39, 0.29) is 11.1 Å². The second kappa shape index (κ2) is 5.91. The number of hydrogen-bond acceptors (Lipinski definition) is 3. The molecule has 0 bridgehead atoms. The Hall–Kier alpha value is -1.49. The van der Waals surface area contributed by atoms with Crippen molar-refractivity contribution < 1.29 is 4.39 Å². The van der Waals surface area contributed by atoms with Gasteiger partial charge in [0.15, 0.2) is 0 Å². The minimum Gasteiger partial charge on any atom is -0.271 e. The third kappa shape index (κ3) is 2.85. The molecule has 3 N–H and O–H groups in total. The van der Waals surface area contributed by atoms with E-state index in [1.165, 1.54) is 6.07 Å². The lowest BCUT2D eigenvalue weighted by atomic mass is 10.0. The lowest BCUT2D eigenvalue weighted by molar-refractivity contribution is 0.507. The van der Waals surface area contributed by atoms with Crippen molar-refractivity contribution in [3.63, 3.8) is 0 Å². The molecule has 1 aromatic heterocycles. The molecule has 5 heteroatoms. The van der Waals surface area contributed by atoms with E-state index in [1.807, 2.05) is 18.2 Å². The smallest absolute Gasteiger partial charge is 0.146 e. The monoisotopic (exact) mass is 265 g/mol. The second-order valence-electron chi connectivity index (χ2n) is 3.89. The van der Waals surface area contributed by atoms with Gasteiger partial charge < -0.3 is 0 Å². The van der Waals surface area contributed by atoms with Gasteiger partial charge in [-0.2, -0.15) is 0 Å². The van der Waals surface area contributed by atoms with Crippen LogP contribution in [-0.2, 0) is 6.42 Å². The molecule has 1 atom stereocenters. The topological polar surface area (TPSA) is 50.9 Å². The zero-order valence-electron chi connectivity index (χ0n) is 9.61. The number of halogens is 2. The molecule has 2 aromatic rings. The molecule has 0 fully saturated rings. The first-order valence-electron chi connectivity index (χ1n) is 5.52. The molecule has 0 saturated carbocycles. The molecule has 0 radical (unpaired) electrons. The van der Waals surface area contributed by atoms with Gasteiger partial charge in [-0.3, -0.25) is 16.3 Å². The van der Waals surface area contributed by atoms with Crippen molar-refractivity contribution in [2.45, 2.75) is 12.5 Å². The third-order valence-electron chi connectivity index (χ3n) is 2.70. The molecular formula is C13H13ClFN3. The first-order chi connectivity index (χ1) is 8.72. The Balaban J connectivity index is 2.26. The SMILES string of the molecule is NNC(Cc1ccccn1)c1cccc(Cl)c1F. The Labute approximate surface area is 110 Å². The summed E-state index contributed by atoms with van der Waals surface area (Å²) in [6, 6.07) is 10.1. The summed E-state index contributed by atoms with van der Waals surface area (Å²) in [6.07, 6.45) is 2.19. The second-order valence-corrected chi connectivity index (χ2v) is 4.29. The molecule has 0 spiro atoms. The minimum absolute atomic E-state index is 0.0915. The van der Waals surface area contributed by atoms with E-state index < -0.39 is 5.82 Å². The van der Waals surface area contributed by atoms with Gasteiger partial charge >= 0.3 is 0 Å². The Morgan fingerprint density at radius 3 is 2.78 bits per heavy atom. The van der Waals surface area contributed by atoms with Crippen molar-refractivity contribution in [1.29, 1.82) is 0 Å². The average Bonchev–Trinajstić information content (AvgIpc) is 2.41. The highest BCUT2D eigenvalue weighted by atomic mass is 35.5. The van der Waals surface area contributed by atoms with Gasteiger partial charge in [-0.25, -0.2) is 4.39 Å². The number of rotatable bonds is 4. The summed E-state index contributed by atoms with van der Waals surface area (Å²) in [5.74, 6) is 5.04. The first kappa shape index (κ1) is 13.0. The van der Waals surface area contributed by atoms with Gasteiger partial charge in [-0.15, -0.1) is 0 Å². The maximum atomic E-state index is 13.9. The molecule has 0 aliphatic rings. The van der Waals surface area contributed by atoms with Gasteiger partial charge in [0.25, 0.3) is 0 Å². The van der Waals surface area contributed by atoms with E-state index in [4.69, 9.17) is 17.4 Å². The van der Waals surface area contributed by atoms with E-state index in [2.05, 4.69) is 10.4 Å². The van der Waals surface area contributed by atoms with Crippen LogP contribution < -0.4 is 11.3 Å². The van der Waals surface area contributed by atoms with E-state index in [0.29, 0.717) is 12.0 Å². The summed E-state index contributed by atoms with van der Waals surface area (Å²) < 4.78 is 13.9. The number of hydrogen-bond donors (Lipinski definition) is 2.